The van der Waals surface area contributed by atoms with Gasteiger partial charge in [-0.15, -0.1) is 4.40 Å². The van der Waals surface area contributed by atoms with Crippen LogP contribution >= 0.6 is 0 Å². The summed E-state index contributed by atoms with van der Waals surface area (Å²) in [4.78, 5) is 8.61. The first kappa shape index (κ1) is 21.3. The minimum Gasteiger partial charge on any atom is -0.495 e. The highest BCUT2D eigenvalue weighted by molar-refractivity contribution is 7.89. The predicted molar refractivity (Wildman–Crippen MR) is 118 cm³/mol. The molecule has 0 atom stereocenters. The first-order valence-electron chi connectivity index (χ1n) is 9.20. The molecule has 1 aromatic heterocycles. The molecule has 0 saturated carbocycles. The van der Waals surface area contributed by atoms with Crippen molar-refractivity contribution in [1.82, 2.24) is 9.97 Å². The summed E-state index contributed by atoms with van der Waals surface area (Å²) in [6, 6.07) is 17.8. The molecule has 3 rings (SSSR count). The normalized spacial score (nSPS) is 11.8. The molecule has 0 bridgehead atoms. The van der Waals surface area contributed by atoms with Crippen molar-refractivity contribution >= 4 is 27.6 Å². The van der Waals surface area contributed by atoms with E-state index in [1.165, 1.54) is 7.11 Å². The third kappa shape index (κ3) is 6.02. The third-order valence-electron chi connectivity index (χ3n) is 3.99. The van der Waals surface area contributed by atoms with Crippen LogP contribution in [-0.2, 0) is 15.8 Å². The smallest absolute Gasteiger partial charge is 0.260 e. The largest absolute Gasteiger partial charge is 0.495 e. The molecular formula is C21H23N5O3S. The lowest BCUT2D eigenvalue weighted by atomic mass is 10.2. The van der Waals surface area contributed by atoms with Crippen LogP contribution in [0, 0.1) is 13.8 Å². The molecule has 0 aliphatic rings. The number of hydrogen-bond donors (Lipinski definition) is 2. The zero-order valence-electron chi connectivity index (χ0n) is 17.0. The minimum atomic E-state index is -3.85. The zero-order chi connectivity index (χ0) is 21.6. The van der Waals surface area contributed by atoms with E-state index in [4.69, 9.17) is 4.74 Å². The van der Waals surface area contributed by atoms with Crippen LogP contribution in [0.5, 0.6) is 5.75 Å². The van der Waals surface area contributed by atoms with Gasteiger partial charge >= 0.3 is 0 Å². The zero-order valence-corrected chi connectivity index (χ0v) is 17.8. The fourth-order valence-electron chi connectivity index (χ4n) is 2.80. The monoisotopic (exact) mass is 425 g/mol. The molecule has 2 aromatic carbocycles. The van der Waals surface area contributed by atoms with Crippen molar-refractivity contribution in [2.24, 2.45) is 4.40 Å². The van der Waals surface area contributed by atoms with Crippen LogP contribution in [0.15, 0.2) is 65.1 Å². The molecule has 2 N–H and O–H groups in total. The number of para-hydroxylation sites is 2. The number of rotatable bonds is 6. The summed E-state index contributed by atoms with van der Waals surface area (Å²) in [6.45, 7) is 3.66. The van der Waals surface area contributed by atoms with Crippen LogP contribution in [-0.4, -0.2) is 31.5 Å². The Morgan fingerprint density at radius 1 is 0.967 bits per heavy atom. The summed E-state index contributed by atoms with van der Waals surface area (Å²) in [5, 5.41) is 5.87. The molecule has 0 fully saturated rings. The van der Waals surface area contributed by atoms with E-state index >= 15 is 0 Å². The van der Waals surface area contributed by atoms with Crippen molar-refractivity contribution in [3.05, 3.63) is 77.6 Å². The van der Waals surface area contributed by atoms with E-state index in [2.05, 4.69) is 25.0 Å². The van der Waals surface area contributed by atoms with Crippen LogP contribution in [0.4, 0.5) is 11.6 Å². The van der Waals surface area contributed by atoms with E-state index in [1.807, 2.05) is 32.0 Å². The number of anilines is 2. The number of hydrogen-bond acceptors (Lipinski definition) is 5. The molecular weight excluding hydrogens is 402 g/mol. The highest BCUT2D eigenvalue weighted by Gasteiger charge is 2.15. The summed E-state index contributed by atoms with van der Waals surface area (Å²) >= 11 is 0. The number of ether oxygens (including phenoxy) is 1. The van der Waals surface area contributed by atoms with Gasteiger partial charge in [-0.1, -0.05) is 42.5 Å². The van der Waals surface area contributed by atoms with Crippen LogP contribution in [0.2, 0.25) is 0 Å². The second-order valence-corrected chi connectivity index (χ2v) is 8.21. The number of guanidine groups is 1. The number of aryl methyl sites for hydroxylation is 2. The van der Waals surface area contributed by atoms with Crippen molar-refractivity contribution in [3.8, 4) is 5.75 Å². The molecule has 156 valence electrons. The topological polar surface area (TPSA) is 106 Å². The first-order valence-corrected chi connectivity index (χ1v) is 10.8. The summed E-state index contributed by atoms with van der Waals surface area (Å²) in [6.07, 6.45) is 0. The van der Waals surface area contributed by atoms with Gasteiger partial charge in [0.2, 0.25) is 11.9 Å². The number of sulfonamides is 1. The van der Waals surface area contributed by atoms with Crippen LogP contribution in [0.3, 0.4) is 0 Å². The summed E-state index contributed by atoms with van der Waals surface area (Å²) in [7, 11) is -2.32. The summed E-state index contributed by atoms with van der Waals surface area (Å²) in [5.74, 6) is 0.512. The van der Waals surface area contributed by atoms with E-state index < -0.39 is 10.0 Å². The Kier molecular flexibility index (Phi) is 6.63. The Bertz CT molecular complexity index is 1130. The molecule has 0 aliphatic heterocycles. The van der Waals surface area contributed by atoms with Crippen LogP contribution < -0.4 is 15.4 Å². The van der Waals surface area contributed by atoms with E-state index in [0.717, 1.165) is 11.4 Å². The van der Waals surface area contributed by atoms with Gasteiger partial charge in [0, 0.05) is 11.4 Å². The van der Waals surface area contributed by atoms with Gasteiger partial charge in [-0.25, -0.2) is 18.4 Å². The lowest BCUT2D eigenvalue weighted by Crippen LogP contribution is -2.25. The third-order valence-corrected chi connectivity index (χ3v) is 5.15. The van der Waals surface area contributed by atoms with Crippen molar-refractivity contribution < 1.29 is 13.2 Å². The Morgan fingerprint density at radius 3 is 2.27 bits per heavy atom. The summed E-state index contributed by atoms with van der Waals surface area (Å²) < 4.78 is 34.8. The predicted octanol–water partition coefficient (Wildman–Crippen LogP) is 3.51. The van der Waals surface area contributed by atoms with Crippen molar-refractivity contribution in [2.45, 2.75) is 19.6 Å². The molecule has 0 aliphatic carbocycles. The molecule has 1 heterocycles. The average Bonchev–Trinajstić information content (AvgIpc) is 2.67. The van der Waals surface area contributed by atoms with Crippen molar-refractivity contribution in [1.29, 1.82) is 0 Å². The van der Waals surface area contributed by atoms with Crippen molar-refractivity contribution in [2.75, 3.05) is 17.7 Å². The van der Waals surface area contributed by atoms with Crippen LogP contribution in [0.25, 0.3) is 0 Å². The molecule has 3 aromatic rings. The van der Waals surface area contributed by atoms with Gasteiger partial charge in [0.1, 0.15) is 5.75 Å². The van der Waals surface area contributed by atoms with Gasteiger partial charge in [0.05, 0.1) is 18.6 Å². The first-order chi connectivity index (χ1) is 14.3. The fourth-order valence-corrected chi connectivity index (χ4v) is 3.84. The van der Waals surface area contributed by atoms with Gasteiger partial charge in [-0.3, -0.25) is 5.32 Å². The highest BCUT2D eigenvalue weighted by atomic mass is 32.2. The van der Waals surface area contributed by atoms with Gasteiger partial charge in [0.25, 0.3) is 10.0 Å². The Hall–Kier alpha value is -3.46. The van der Waals surface area contributed by atoms with E-state index in [0.29, 0.717) is 17.0 Å². The average molecular weight is 426 g/mol. The van der Waals surface area contributed by atoms with Gasteiger partial charge in [-0.05, 0) is 37.6 Å². The van der Waals surface area contributed by atoms with Gasteiger partial charge < -0.3 is 10.1 Å². The molecule has 0 unspecified atom stereocenters. The van der Waals surface area contributed by atoms with Crippen molar-refractivity contribution in [3.63, 3.8) is 0 Å². The fraction of sp³-hybridized carbons (Fsp3) is 0.190. The SMILES string of the molecule is COc1ccccc1N/C(=N/S(=O)(=O)Cc1ccccc1)Nc1nc(C)cc(C)n1. The molecule has 9 heteroatoms. The quantitative estimate of drug-likeness (QED) is 0.460. The number of methoxy groups -OCH3 is 1. The maximum Gasteiger partial charge on any atom is 0.260 e. The Labute approximate surface area is 176 Å². The maximum absolute atomic E-state index is 12.7. The van der Waals surface area contributed by atoms with E-state index in [1.54, 1.807) is 42.5 Å². The lowest BCUT2D eigenvalue weighted by Gasteiger charge is -2.14. The second-order valence-electron chi connectivity index (χ2n) is 6.58. The Morgan fingerprint density at radius 2 is 1.60 bits per heavy atom. The Balaban J connectivity index is 1.96. The van der Waals surface area contributed by atoms with Gasteiger partial charge in [0.15, 0.2) is 0 Å². The standard InChI is InChI=1S/C21H23N5O3S/c1-15-13-16(2)23-20(22-15)25-21(24-18-11-7-8-12-19(18)29-3)26-30(27,28)14-17-9-5-4-6-10-17/h4-13H,14H2,1-3H3,(H2,22,23,24,25,26). The summed E-state index contributed by atoms with van der Waals surface area (Å²) in [5.41, 5.74) is 2.67. The number of aromatic nitrogens is 2. The molecule has 0 saturated heterocycles. The molecule has 0 radical (unpaired) electrons. The second kappa shape index (κ2) is 9.36. The molecule has 0 amide bonds. The molecule has 8 nitrogen and oxygen atoms in total. The van der Waals surface area contributed by atoms with Gasteiger partial charge in [-0.2, -0.15) is 0 Å². The van der Waals surface area contributed by atoms with Crippen LogP contribution in [0.1, 0.15) is 17.0 Å². The molecule has 0 spiro atoms. The molecule has 30 heavy (non-hydrogen) atoms. The number of nitrogens with one attached hydrogen (secondary N) is 2. The number of nitrogens with zero attached hydrogens (tertiary/aromatic N) is 3. The van der Waals surface area contributed by atoms with E-state index in [9.17, 15) is 8.42 Å². The maximum atomic E-state index is 12.7. The number of benzene rings is 2. The highest BCUT2D eigenvalue weighted by Crippen LogP contribution is 2.23. The van der Waals surface area contributed by atoms with E-state index in [-0.39, 0.29) is 17.7 Å². The lowest BCUT2D eigenvalue weighted by molar-refractivity contribution is 0.417. The minimum absolute atomic E-state index is 0.0274.